The van der Waals surface area contributed by atoms with Gasteiger partial charge < -0.3 is 5.11 Å². The molecule has 1 aromatic carbocycles. The van der Waals surface area contributed by atoms with E-state index in [1.165, 1.54) is 46.3 Å². The number of aromatic carboxylic acids is 1. The molecule has 0 bridgehead atoms. The van der Waals surface area contributed by atoms with Crippen molar-refractivity contribution in [3.63, 3.8) is 0 Å². The highest BCUT2D eigenvalue weighted by Gasteiger charge is 2.14. The Morgan fingerprint density at radius 3 is 2.62 bits per heavy atom. The predicted octanol–water partition coefficient (Wildman–Crippen LogP) is 4.52. The van der Waals surface area contributed by atoms with E-state index in [9.17, 15) is 13.6 Å². The van der Waals surface area contributed by atoms with Crippen molar-refractivity contribution in [2.24, 2.45) is 0 Å². The maximum absolute atomic E-state index is 13.7. The number of thiazole rings is 1. The number of rotatable bonds is 3. The fourth-order valence-electron chi connectivity index (χ4n) is 1.76. The van der Waals surface area contributed by atoms with Crippen LogP contribution in [0, 0.1) is 11.6 Å². The topological polar surface area (TPSA) is 50.2 Å². The third-order valence-electron chi connectivity index (χ3n) is 2.76. The van der Waals surface area contributed by atoms with Crippen LogP contribution in [0.1, 0.15) is 10.4 Å². The van der Waals surface area contributed by atoms with Crippen LogP contribution in [-0.4, -0.2) is 16.1 Å². The zero-order valence-electron chi connectivity index (χ0n) is 10.3. The fourth-order valence-corrected chi connectivity index (χ4v) is 3.52. The zero-order chi connectivity index (χ0) is 15.0. The summed E-state index contributed by atoms with van der Waals surface area (Å²) in [6.45, 7) is 0. The van der Waals surface area contributed by atoms with Gasteiger partial charge in [0, 0.05) is 22.4 Å². The summed E-state index contributed by atoms with van der Waals surface area (Å²) in [5.74, 6) is -2.32. The molecule has 3 aromatic rings. The Hall–Kier alpha value is -2.12. The first-order valence-corrected chi connectivity index (χ1v) is 7.53. The maximum atomic E-state index is 13.7. The van der Waals surface area contributed by atoms with E-state index in [1.54, 1.807) is 5.38 Å². The molecule has 0 saturated heterocycles. The molecule has 0 atom stereocenters. The summed E-state index contributed by atoms with van der Waals surface area (Å²) < 4.78 is 26.6. The Kier molecular flexibility index (Phi) is 3.52. The van der Waals surface area contributed by atoms with Gasteiger partial charge in [0.25, 0.3) is 0 Å². The molecule has 106 valence electrons. The van der Waals surface area contributed by atoms with Gasteiger partial charge in [-0.05, 0) is 18.2 Å². The Bertz CT molecular complexity index is 826. The molecule has 0 saturated carbocycles. The molecule has 0 amide bonds. The number of carboxylic acid groups (broad SMARTS) is 1. The minimum absolute atomic E-state index is 0.192. The van der Waals surface area contributed by atoms with Crippen LogP contribution in [0.5, 0.6) is 0 Å². The molecule has 21 heavy (non-hydrogen) atoms. The first kappa shape index (κ1) is 13.8. The van der Waals surface area contributed by atoms with Crippen molar-refractivity contribution in [1.29, 1.82) is 0 Å². The van der Waals surface area contributed by atoms with E-state index in [4.69, 9.17) is 5.11 Å². The third kappa shape index (κ3) is 2.70. The lowest BCUT2D eigenvalue weighted by Crippen LogP contribution is -1.91. The number of halogens is 2. The lowest BCUT2D eigenvalue weighted by Gasteiger charge is -1.98. The summed E-state index contributed by atoms with van der Waals surface area (Å²) in [4.78, 5) is 15.8. The molecule has 3 nitrogen and oxygen atoms in total. The lowest BCUT2D eigenvalue weighted by atomic mass is 10.2. The lowest BCUT2D eigenvalue weighted by molar-refractivity contribution is 0.0697. The summed E-state index contributed by atoms with van der Waals surface area (Å²) in [5, 5.41) is 12.6. The number of carbonyl (C=O) groups is 1. The average molecular weight is 323 g/mol. The average Bonchev–Trinajstić information content (AvgIpc) is 3.07. The van der Waals surface area contributed by atoms with Crippen molar-refractivity contribution in [2.75, 3.05) is 0 Å². The highest BCUT2D eigenvalue weighted by atomic mass is 32.1. The van der Waals surface area contributed by atoms with E-state index in [2.05, 4.69) is 4.98 Å². The second-order valence-electron chi connectivity index (χ2n) is 4.17. The van der Waals surface area contributed by atoms with Crippen LogP contribution >= 0.6 is 22.7 Å². The minimum atomic E-state index is -1.00. The van der Waals surface area contributed by atoms with Gasteiger partial charge in [0.2, 0.25) is 0 Å². The second-order valence-corrected chi connectivity index (χ2v) is 5.94. The van der Waals surface area contributed by atoms with E-state index in [0.717, 1.165) is 6.07 Å². The van der Waals surface area contributed by atoms with Crippen molar-refractivity contribution in [1.82, 2.24) is 4.98 Å². The van der Waals surface area contributed by atoms with Gasteiger partial charge in [-0.3, -0.25) is 0 Å². The highest BCUT2D eigenvalue weighted by molar-refractivity contribution is 7.15. The Balaban J connectivity index is 1.97. The molecule has 0 spiro atoms. The molecule has 0 aliphatic heterocycles. The SMILES string of the molecule is O=C(O)c1csc(-c2csc(-c3ccc(F)cc3F)n2)c1. The number of carboxylic acids is 1. The Morgan fingerprint density at radius 1 is 1.14 bits per heavy atom. The molecule has 2 heterocycles. The number of hydrogen-bond donors (Lipinski definition) is 1. The van der Waals surface area contributed by atoms with Crippen LogP contribution in [0.2, 0.25) is 0 Å². The van der Waals surface area contributed by atoms with E-state index in [1.807, 2.05) is 0 Å². The van der Waals surface area contributed by atoms with Crippen LogP contribution in [0.15, 0.2) is 35.0 Å². The van der Waals surface area contributed by atoms with Gasteiger partial charge in [-0.1, -0.05) is 0 Å². The number of thiophene rings is 1. The van der Waals surface area contributed by atoms with Gasteiger partial charge in [0.15, 0.2) is 0 Å². The van der Waals surface area contributed by atoms with Crippen molar-refractivity contribution in [2.45, 2.75) is 0 Å². The summed E-state index contributed by atoms with van der Waals surface area (Å²) in [7, 11) is 0. The van der Waals surface area contributed by atoms with Crippen LogP contribution in [-0.2, 0) is 0 Å². The summed E-state index contributed by atoms with van der Waals surface area (Å²) in [5.41, 5.74) is 0.997. The second kappa shape index (κ2) is 5.34. The zero-order valence-corrected chi connectivity index (χ0v) is 12.0. The van der Waals surface area contributed by atoms with Gasteiger partial charge in [-0.25, -0.2) is 18.6 Å². The molecule has 3 rings (SSSR count). The Labute approximate surface area is 126 Å². The van der Waals surface area contributed by atoms with E-state index >= 15 is 0 Å². The largest absolute Gasteiger partial charge is 0.478 e. The van der Waals surface area contributed by atoms with Crippen LogP contribution in [0.25, 0.3) is 21.1 Å². The van der Waals surface area contributed by atoms with Crippen molar-refractivity contribution >= 4 is 28.6 Å². The van der Waals surface area contributed by atoms with Crippen LogP contribution in [0.4, 0.5) is 8.78 Å². The molecule has 0 aliphatic rings. The van der Waals surface area contributed by atoms with Crippen molar-refractivity contribution in [3.05, 3.63) is 52.2 Å². The summed E-state index contributed by atoms with van der Waals surface area (Å²) in [6.07, 6.45) is 0. The standard InChI is InChI=1S/C14H7F2NO2S2/c15-8-1-2-9(10(16)4-8)13-17-11(6-21-13)12-3-7(5-20-12)14(18)19/h1-6H,(H,18,19). The third-order valence-corrected chi connectivity index (χ3v) is 4.59. The van der Waals surface area contributed by atoms with Gasteiger partial charge in [-0.15, -0.1) is 22.7 Å². The van der Waals surface area contributed by atoms with Crippen molar-refractivity contribution < 1.29 is 18.7 Å². The first-order chi connectivity index (χ1) is 10.0. The Morgan fingerprint density at radius 2 is 1.95 bits per heavy atom. The van der Waals surface area contributed by atoms with E-state index in [-0.39, 0.29) is 11.1 Å². The van der Waals surface area contributed by atoms with Crippen LogP contribution in [0.3, 0.4) is 0 Å². The quantitative estimate of drug-likeness (QED) is 0.771. The van der Waals surface area contributed by atoms with Gasteiger partial charge in [-0.2, -0.15) is 0 Å². The molecule has 0 aliphatic carbocycles. The van der Waals surface area contributed by atoms with Gasteiger partial charge >= 0.3 is 5.97 Å². The number of aromatic nitrogens is 1. The van der Waals surface area contributed by atoms with Crippen molar-refractivity contribution in [3.8, 4) is 21.1 Å². The smallest absolute Gasteiger partial charge is 0.336 e. The van der Waals surface area contributed by atoms with E-state index < -0.39 is 17.6 Å². The molecular formula is C14H7F2NO2S2. The summed E-state index contributed by atoms with van der Waals surface area (Å²) >= 11 is 2.48. The summed E-state index contributed by atoms with van der Waals surface area (Å²) in [6, 6.07) is 4.84. The molecule has 0 fully saturated rings. The number of nitrogens with zero attached hydrogens (tertiary/aromatic N) is 1. The van der Waals surface area contributed by atoms with Crippen LogP contribution < -0.4 is 0 Å². The predicted molar refractivity (Wildman–Crippen MR) is 77.7 cm³/mol. The molecular weight excluding hydrogens is 316 g/mol. The highest BCUT2D eigenvalue weighted by Crippen LogP contribution is 2.33. The first-order valence-electron chi connectivity index (χ1n) is 5.78. The minimum Gasteiger partial charge on any atom is -0.478 e. The molecule has 0 unspecified atom stereocenters. The fraction of sp³-hybridized carbons (Fsp3) is 0. The van der Waals surface area contributed by atoms with E-state index in [0.29, 0.717) is 15.6 Å². The molecule has 0 radical (unpaired) electrons. The number of hydrogen-bond acceptors (Lipinski definition) is 4. The molecule has 7 heteroatoms. The normalized spacial score (nSPS) is 10.8. The molecule has 1 N–H and O–H groups in total. The van der Waals surface area contributed by atoms with Gasteiger partial charge in [0.1, 0.15) is 16.6 Å². The van der Waals surface area contributed by atoms with Gasteiger partial charge in [0.05, 0.1) is 16.1 Å². The number of benzene rings is 1. The molecule has 2 aromatic heterocycles. The monoisotopic (exact) mass is 323 g/mol. The maximum Gasteiger partial charge on any atom is 0.336 e.